The Hall–Kier alpha value is -3.84. The minimum atomic E-state index is -0.609. The van der Waals surface area contributed by atoms with Crippen LogP contribution in [0.2, 0.25) is 0 Å². The van der Waals surface area contributed by atoms with E-state index in [1.165, 1.54) is 12.8 Å². The molecule has 0 unspecified atom stereocenters. The Morgan fingerprint density at radius 3 is 1.39 bits per heavy atom. The summed E-state index contributed by atoms with van der Waals surface area (Å²) < 4.78 is 21.8. The molecule has 2 atom stereocenters. The molecule has 2 aromatic carbocycles. The Kier molecular flexibility index (Phi) is 8.56. The van der Waals surface area contributed by atoms with Gasteiger partial charge in [0.15, 0.2) is 0 Å². The summed E-state index contributed by atoms with van der Waals surface area (Å²) in [6.07, 6.45) is 1.35. The maximum Gasteiger partial charge on any atom is 0.247 e. The SMILES string of the molecule is O[C@H](COc1ccc(-c2nnco2)cc1)CN1CCN(C[C@@H](O)COc2ccc(-c3nnco3)cc2)CC1. The highest BCUT2D eigenvalue weighted by molar-refractivity contribution is 5.54. The average Bonchev–Trinajstić information content (AvgIpc) is 3.68. The zero-order valence-corrected chi connectivity index (χ0v) is 20.8. The van der Waals surface area contributed by atoms with Gasteiger partial charge >= 0.3 is 0 Å². The minimum Gasteiger partial charge on any atom is -0.491 e. The van der Waals surface area contributed by atoms with Crippen molar-refractivity contribution < 1.29 is 28.5 Å². The van der Waals surface area contributed by atoms with Gasteiger partial charge in [-0.3, -0.25) is 9.80 Å². The molecule has 1 fully saturated rings. The van der Waals surface area contributed by atoms with Crippen LogP contribution in [-0.4, -0.2) is 105 Å². The molecule has 200 valence electrons. The van der Waals surface area contributed by atoms with Crippen LogP contribution in [0.25, 0.3) is 22.9 Å². The zero-order chi connectivity index (χ0) is 26.2. The van der Waals surface area contributed by atoms with Crippen LogP contribution in [0, 0.1) is 0 Å². The number of ether oxygens (including phenoxy) is 2. The van der Waals surface area contributed by atoms with Gasteiger partial charge in [0.25, 0.3) is 0 Å². The summed E-state index contributed by atoms with van der Waals surface area (Å²) in [5.41, 5.74) is 1.61. The van der Waals surface area contributed by atoms with E-state index in [2.05, 4.69) is 30.2 Å². The lowest BCUT2D eigenvalue weighted by molar-refractivity contribution is 0.0240. The Labute approximate surface area is 219 Å². The van der Waals surface area contributed by atoms with E-state index in [1.807, 2.05) is 48.5 Å². The first-order chi connectivity index (χ1) is 18.6. The largest absolute Gasteiger partial charge is 0.491 e. The first-order valence-electron chi connectivity index (χ1n) is 12.4. The van der Waals surface area contributed by atoms with E-state index in [0.29, 0.717) is 36.4 Å². The van der Waals surface area contributed by atoms with Gasteiger partial charge in [0.2, 0.25) is 24.6 Å². The number of aliphatic hydroxyl groups excluding tert-OH is 2. The van der Waals surface area contributed by atoms with Crippen molar-refractivity contribution >= 4 is 0 Å². The molecule has 2 N–H and O–H groups in total. The molecule has 12 nitrogen and oxygen atoms in total. The summed E-state index contributed by atoms with van der Waals surface area (Å²) in [5, 5.41) is 36.0. The van der Waals surface area contributed by atoms with Gasteiger partial charge in [-0.1, -0.05) is 0 Å². The summed E-state index contributed by atoms with van der Waals surface area (Å²) in [6, 6.07) is 14.6. The molecule has 2 aromatic heterocycles. The normalized spacial score (nSPS) is 16.3. The summed E-state index contributed by atoms with van der Waals surface area (Å²) in [7, 11) is 0. The molecule has 1 saturated heterocycles. The van der Waals surface area contributed by atoms with Gasteiger partial charge in [-0.2, -0.15) is 0 Å². The van der Waals surface area contributed by atoms with Crippen molar-refractivity contribution in [3.63, 3.8) is 0 Å². The lowest BCUT2D eigenvalue weighted by Gasteiger charge is -2.36. The van der Waals surface area contributed by atoms with Crippen molar-refractivity contribution in [2.45, 2.75) is 12.2 Å². The van der Waals surface area contributed by atoms with Gasteiger partial charge in [-0.15, -0.1) is 20.4 Å². The van der Waals surface area contributed by atoms with Crippen LogP contribution >= 0.6 is 0 Å². The van der Waals surface area contributed by atoms with Crippen molar-refractivity contribution in [3.8, 4) is 34.4 Å². The standard InChI is InChI=1S/C26H30N6O6/c33-21(15-35-23-5-1-19(2-6-23)25-29-27-17-37-25)13-31-9-11-32(12-10-31)14-22(34)16-36-24-7-3-20(4-8-24)26-30-28-18-38-26/h1-8,17-18,21-22,33-34H,9-16H2/t21-,22+. The molecule has 12 heteroatoms. The third-order valence-corrected chi connectivity index (χ3v) is 6.21. The smallest absolute Gasteiger partial charge is 0.247 e. The van der Waals surface area contributed by atoms with E-state index in [1.54, 1.807) is 0 Å². The van der Waals surface area contributed by atoms with Crippen molar-refractivity contribution in [3.05, 3.63) is 61.3 Å². The highest BCUT2D eigenvalue weighted by Crippen LogP contribution is 2.21. The van der Waals surface area contributed by atoms with Crippen LogP contribution in [0.3, 0.4) is 0 Å². The number of benzene rings is 2. The first-order valence-corrected chi connectivity index (χ1v) is 12.4. The summed E-state index contributed by atoms with van der Waals surface area (Å²) in [5.74, 6) is 2.22. The molecule has 0 aliphatic carbocycles. The van der Waals surface area contributed by atoms with Crippen LogP contribution in [-0.2, 0) is 0 Å². The molecule has 0 radical (unpaired) electrons. The molecule has 0 bridgehead atoms. The molecule has 0 saturated carbocycles. The molecule has 0 spiro atoms. The van der Waals surface area contributed by atoms with Crippen molar-refractivity contribution in [1.82, 2.24) is 30.2 Å². The Morgan fingerprint density at radius 2 is 1.05 bits per heavy atom. The topological polar surface area (TPSA) is 143 Å². The maximum atomic E-state index is 10.4. The fraction of sp³-hybridized carbons (Fsp3) is 0.385. The number of β-amino-alcohol motifs (C(OH)–C–C–N with tert-alkyl or cyclic N) is 2. The minimum absolute atomic E-state index is 0.200. The van der Waals surface area contributed by atoms with E-state index in [0.717, 1.165) is 37.3 Å². The fourth-order valence-corrected chi connectivity index (χ4v) is 4.23. The second kappa shape index (κ2) is 12.6. The van der Waals surface area contributed by atoms with E-state index < -0.39 is 12.2 Å². The van der Waals surface area contributed by atoms with Gasteiger partial charge in [-0.05, 0) is 48.5 Å². The number of aliphatic hydroxyl groups is 2. The number of piperazine rings is 1. The monoisotopic (exact) mass is 522 g/mol. The molecule has 38 heavy (non-hydrogen) atoms. The van der Waals surface area contributed by atoms with Gasteiger partial charge in [0.1, 0.15) is 36.9 Å². The quantitative estimate of drug-likeness (QED) is 0.279. The predicted octanol–water partition coefficient (Wildman–Crippen LogP) is 1.58. The molecule has 4 aromatic rings. The third-order valence-electron chi connectivity index (χ3n) is 6.21. The van der Waals surface area contributed by atoms with Crippen LogP contribution in [0.15, 0.2) is 70.2 Å². The average molecular weight is 523 g/mol. The molecule has 1 aliphatic heterocycles. The van der Waals surface area contributed by atoms with Crippen molar-refractivity contribution in [1.29, 1.82) is 0 Å². The summed E-state index contributed by atoms with van der Waals surface area (Å²) in [6.45, 7) is 4.68. The zero-order valence-electron chi connectivity index (χ0n) is 20.8. The van der Waals surface area contributed by atoms with Crippen molar-refractivity contribution in [2.75, 3.05) is 52.5 Å². The van der Waals surface area contributed by atoms with Gasteiger partial charge in [0, 0.05) is 50.4 Å². The van der Waals surface area contributed by atoms with Crippen LogP contribution in [0.1, 0.15) is 0 Å². The first kappa shape index (κ1) is 25.8. The van der Waals surface area contributed by atoms with Gasteiger partial charge in [-0.25, -0.2) is 0 Å². The second-order valence-corrected chi connectivity index (χ2v) is 9.07. The van der Waals surface area contributed by atoms with E-state index in [4.69, 9.17) is 18.3 Å². The number of hydrogen-bond acceptors (Lipinski definition) is 12. The van der Waals surface area contributed by atoms with Crippen LogP contribution < -0.4 is 9.47 Å². The molecule has 1 aliphatic rings. The second-order valence-electron chi connectivity index (χ2n) is 9.07. The summed E-state index contributed by atoms with van der Waals surface area (Å²) in [4.78, 5) is 4.41. The molecular weight excluding hydrogens is 492 g/mol. The third kappa shape index (κ3) is 7.13. The van der Waals surface area contributed by atoms with E-state index >= 15 is 0 Å². The number of rotatable bonds is 12. The predicted molar refractivity (Wildman–Crippen MR) is 135 cm³/mol. The van der Waals surface area contributed by atoms with E-state index in [-0.39, 0.29) is 13.2 Å². The molecular formula is C26H30N6O6. The van der Waals surface area contributed by atoms with Crippen LogP contribution in [0.4, 0.5) is 0 Å². The summed E-state index contributed by atoms with van der Waals surface area (Å²) >= 11 is 0. The van der Waals surface area contributed by atoms with Crippen LogP contribution in [0.5, 0.6) is 11.5 Å². The highest BCUT2D eigenvalue weighted by Gasteiger charge is 2.21. The van der Waals surface area contributed by atoms with Gasteiger partial charge in [0.05, 0.1) is 0 Å². The van der Waals surface area contributed by atoms with Gasteiger partial charge < -0.3 is 28.5 Å². The van der Waals surface area contributed by atoms with Crippen molar-refractivity contribution in [2.24, 2.45) is 0 Å². The Bertz CT molecular complexity index is 1110. The molecule has 3 heterocycles. The fourth-order valence-electron chi connectivity index (χ4n) is 4.23. The molecule has 0 amide bonds. The van der Waals surface area contributed by atoms with E-state index in [9.17, 15) is 10.2 Å². The Balaban J connectivity index is 0.966. The number of nitrogens with zero attached hydrogens (tertiary/aromatic N) is 6. The Morgan fingerprint density at radius 1 is 0.658 bits per heavy atom. The number of hydrogen-bond donors (Lipinski definition) is 2. The molecule has 5 rings (SSSR count). The number of aromatic nitrogens is 4. The maximum absolute atomic E-state index is 10.4. The lowest BCUT2D eigenvalue weighted by atomic mass is 10.2. The lowest BCUT2D eigenvalue weighted by Crippen LogP contribution is -2.51. The highest BCUT2D eigenvalue weighted by atomic mass is 16.5.